The zero-order chi connectivity index (χ0) is 21.2. The molecule has 2 saturated heterocycles. The lowest BCUT2D eigenvalue weighted by Crippen LogP contribution is -2.47. The van der Waals surface area contributed by atoms with Crippen LogP contribution in [0.2, 0.25) is 0 Å². The number of hydrogen-bond donors (Lipinski definition) is 1. The van der Waals surface area contributed by atoms with Crippen LogP contribution in [0.25, 0.3) is 0 Å². The van der Waals surface area contributed by atoms with Crippen LogP contribution >= 0.6 is 24.0 Å². The smallest absolute Gasteiger partial charge is 0.243 e. The van der Waals surface area contributed by atoms with Crippen LogP contribution in [-0.4, -0.2) is 81.3 Å². The molecule has 174 valence electrons. The van der Waals surface area contributed by atoms with Crippen LogP contribution in [0.1, 0.15) is 38.2 Å². The van der Waals surface area contributed by atoms with E-state index in [1.807, 2.05) is 25.2 Å². The molecule has 4 rings (SSSR count). The lowest BCUT2D eigenvalue weighted by atomic mass is 9.68. The Labute approximate surface area is 204 Å². The minimum atomic E-state index is -3.51. The van der Waals surface area contributed by atoms with Gasteiger partial charge in [0, 0.05) is 45.8 Å². The Kier molecular flexibility index (Phi) is 8.26. The number of halogens is 1. The standard InChI is InChI=1S/C22H35N5O2S.HI/c1-3-23-21(26-12-11-22(18-26)9-6-10-22)24-17-19-7-4-5-8-20(19)30(28,29)27-15-13-25(2)14-16-27;/h4-5,7-8H,3,6,9-18H2,1-2H3,(H,23,24);1H. The summed E-state index contributed by atoms with van der Waals surface area (Å²) in [4.78, 5) is 9.78. The van der Waals surface area contributed by atoms with Crippen molar-refractivity contribution in [3.05, 3.63) is 29.8 Å². The number of likely N-dealkylation sites (tertiary alicyclic amines) is 1. The van der Waals surface area contributed by atoms with Gasteiger partial charge in [0.05, 0.1) is 11.4 Å². The highest BCUT2D eigenvalue weighted by molar-refractivity contribution is 14.0. The van der Waals surface area contributed by atoms with Gasteiger partial charge in [0.25, 0.3) is 0 Å². The Morgan fingerprint density at radius 1 is 1.10 bits per heavy atom. The van der Waals surface area contributed by atoms with Crippen LogP contribution in [0.3, 0.4) is 0 Å². The molecule has 3 fully saturated rings. The van der Waals surface area contributed by atoms with Crippen LogP contribution in [0.4, 0.5) is 0 Å². The summed E-state index contributed by atoms with van der Waals surface area (Å²) in [5.74, 6) is 0.910. The third-order valence-corrected chi connectivity index (χ3v) is 8.94. The Morgan fingerprint density at radius 2 is 1.81 bits per heavy atom. The average Bonchev–Trinajstić information content (AvgIpc) is 3.18. The van der Waals surface area contributed by atoms with E-state index in [0.29, 0.717) is 29.9 Å². The monoisotopic (exact) mass is 561 g/mol. The first-order chi connectivity index (χ1) is 14.4. The van der Waals surface area contributed by atoms with Crippen molar-refractivity contribution in [2.75, 3.05) is 52.9 Å². The van der Waals surface area contributed by atoms with Crippen molar-refractivity contribution in [3.63, 3.8) is 0 Å². The summed E-state index contributed by atoms with van der Waals surface area (Å²) in [6, 6.07) is 7.33. The number of nitrogens with zero attached hydrogens (tertiary/aromatic N) is 4. The van der Waals surface area contributed by atoms with Gasteiger partial charge >= 0.3 is 0 Å². The first kappa shape index (κ1) is 24.7. The molecule has 0 atom stereocenters. The number of guanidine groups is 1. The lowest BCUT2D eigenvalue weighted by Gasteiger charge is -2.38. The maximum absolute atomic E-state index is 13.3. The molecule has 31 heavy (non-hydrogen) atoms. The molecule has 0 amide bonds. The Hall–Kier alpha value is -0.910. The lowest BCUT2D eigenvalue weighted by molar-refractivity contribution is 0.151. The highest BCUT2D eigenvalue weighted by Crippen LogP contribution is 2.47. The molecule has 1 aliphatic carbocycles. The molecular weight excluding hydrogens is 525 g/mol. The molecule has 1 aromatic carbocycles. The van der Waals surface area contributed by atoms with Crippen molar-refractivity contribution in [1.29, 1.82) is 0 Å². The summed E-state index contributed by atoms with van der Waals surface area (Å²) in [5.41, 5.74) is 1.27. The Morgan fingerprint density at radius 3 is 2.42 bits per heavy atom. The summed E-state index contributed by atoms with van der Waals surface area (Å²) in [7, 11) is -1.48. The molecular formula is C22H36IN5O2S. The second kappa shape index (κ2) is 10.4. The minimum Gasteiger partial charge on any atom is -0.357 e. The van der Waals surface area contributed by atoms with Gasteiger partial charge in [0.1, 0.15) is 0 Å². The molecule has 3 aliphatic rings. The quantitative estimate of drug-likeness (QED) is 0.340. The predicted molar refractivity (Wildman–Crippen MR) is 135 cm³/mol. The maximum atomic E-state index is 13.3. The van der Waals surface area contributed by atoms with Gasteiger partial charge in [0.15, 0.2) is 5.96 Å². The van der Waals surface area contributed by atoms with Gasteiger partial charge in [-0.15, -0.1) is 24.0 Å². The van der Waals surface area contributed by atoms with Gasteiger partial charge in [-0.1, -0.05) is 24.6 Å². The fourth-order valence-corrected chi connectivity index (χ4v) is 6.48. The van der Waals surface area contributed by atoms with Crippen LogP contribution in [0.15, 0.2) is 34.2 Å². The van der Waals surface area contributed by atoms with Crippen LogP contribution in [0, 0.1) is 5.41 Å². The maximum Gasteiger partial charge on any atom is 0.243 e. The zero-order valence-electron chi connectivity index (χ0n) is 18.7. The third kappa shape index (κ3) is 5.36. The zero-order valence-corrected chi connectivity index (χ0v) is 21.9. The van der Waals surface area contributed by atoms with E-state index in [1.165, 1.54) is 25.7 Å². The first-order valence-electron chi connectivity index (χ1n) is 11.2. The average molecular weight is 562 g/mol. The first-order valence-corrected chi connectivity index (χ1v) is 12.7. The number of nitrogens with one attached hydrogen (secondary N) is 1. The van der Waals surface area contributed by atoms with E-state index in [2.05, 4.69) is 22.0 Å². The van der Waals surface area contributed by atoms with E-state index in [-0.39, 0.29) is 24.0 Å². The number of rotatable bonds is 5. The molecule has 1 N–H and O–H groups in total. The molecule has 2 heterocycles. The molecule has 1 spiro atoms. The second-order valence-corrected chi connectivity index (χ2v) is 10.9. The highest BCUT2D eigenvalue weighted by Gasteiger charge is 2.43. The van der Waals surface area contributed by atoms with Crippen LogP contribution in [-0.2, 0) is 16.6 Å². The van der Waals surface area contributed by atoms with Crippen molar-refractivity contribution in [2.24, 2.45) is 10.4 Å². The summed E-state index contributed by atoms with van der Waals surface area (Å²) >= 11 is 0. The molecule has 2 aliphatic heterocycles. The number of benzene rings is 1. The van der Waals surface area contributed by atoms with E-state index in [9.17, 15) is 8.42 Å². The number of sulfonamides is 1. The second-order valence-electron chi connectivity index (χ2n) is 9.01. The van der Waals surface area contributed by atoms with Crippen molar-refractivity contribution in [3.8, 4) is 0 Å². The number of piperazine rings is 1. The molecule has 7 nitrogen and oxygen atoms in total. The molecule has 9 heteroatoms. The Balaban J connectivity index is 0.00000272. The highest BCUT2D eigenvalue weighted by atomic mass is 127. The van der Waals surface area contributed by atoms with Gasteiger partial charge in [0.2, 0.25) is 10.0 Å². The number of likely N-dealkylation sites (N-methyl/N-ethyl adjacent to an activating group) is 1. The van der Waals surface area contributed by atoms with Gasteiger partial charge in [-0.25, -0.2) is 13.4 Å². The van der Waals surface area contributed by atoms with Gasteiger partial charge in [-0.3, -0.25) is 0 Å². The summed E-state index contributed by atoms with van der Waals surface area (Å²) in [6.45, 7) is 7.97. The van der Waals surface area contributed by atoms with E-state index >= 15 is 0 Å². The fourth-order valence-electron chi connectivity index (χ4n) is 4.84. The number of hydrogen-bond acceptors (Lipinski definition) is 4. The largest absolute Gasteiger partial charge is 0.357 e. The number of aliphatic imine (C=N–C) groups is 1. The molecule has 0 bridgehead atoms. The van der Waals surface area contributed by atoms with Crippen LogP contribution in [0.5, 0.6) is 0 Å². The van der Waals surface area contributed by atoms with Gasteiger partial charge < -0.3 is 15.1 Å². The van der Waals surface area contributed by atoms with Crippen molar-refractivity contribution < 1.29 is 8.42 Å². The normalized spacial score (nSPS) is 22.3. The minimum absolute atomic E-state index is 0. The molecule has 0 aromatic heterocycles. The van der Waals surface area contributed by atoms with E-state index < -0.39 is 10.0 Å². The molecule has 1 saturated carbocycles. The molecule has 0 unspecified atom stereocenters. The summed E-state index contributed by atoms with van der Waals surface area (Å²) in [5, 5.41) is 3.42. The summed E-state index contributed by atoms with van der Waals surface area (Å²) < 4.78 is 28.2. The van der Waals surface area contributed by atoms with Crippen LogP contribution < -0.4 is 5.32 Å². The SMILES string of the molecule is CCNC(=NCc1ccccc1S(=O)(=O)N1CCN(C)CC1)N1CCC2(CCC2)C1.I. The van der Waals surface area contributed by atoms with E-state index in [0.717, 1.165) is 44.2 Å². The predicted octanol–water partition coefficient (Wildman–Crippen LogP) is 2.58. The topological polar surface area (TPSA) is 68.2 Å². The van der Waals surface area contributed by atoms with Crippen molar-refractivity contribution in [1.82, 2.24) is 19.4 Å². The van der Waals surface area contributed by atoms with Crippen molar-refractivity contribution >= 4 is 40.0 Å². The fraction of sp³-hybridized carbons (Fsp3) is 0.682. The van der Waals surface area contributed by atoms with Crippen molar-refractivity contribution in [2.45, 2.75) is 44.0 Å². The Bertz CT molecular complexity index is 880. The summed E-state index contributed by atoms with van der Waals surface area (Å²) in [6.07, 6.45) is 5.24. The molecule has 0 radical (unpaired) electrons. The van der Waals surface area contributed by atoms with Gasteiger partial charge in [-0.2, -0.15) is 4.31 Å². The molecule has 1 aromatic rings. The van der Waals surface area contributed by atoms with E-state index in [4.69, 9.17) is 4.99 Å². The van der Waals surface area contributed by atoms with Gasteiger partial charge in [-0.05, 0) is 50.3 Å². The third-order valence-electron chi connectivity index (χ3n) is 6.94. The van der Waals surface area contributed by atoms with E-state index in [1.54, 1.807) is 10.4 Å².